The third-order valence-electron chi connectivity index (χ3n) is 3.90. The lowest BCUT2D eigenvalue weighted by atomic mass is 9.95. The Balaban J connectivity index is 2.11. The van der Waals surface area contributed by atoms with Gasteiger partial charge in [-0.05, 0) is 43.6 Å². The summed E-state index contributed by atoms with van der Waals surface area (Å²) in [6.07, 6.45) is 1.64. The maximum absolute atomic E-state index is 12.8. The molecule has 0 aromatic heterocycles. The van der Waals surface area contributed by atoms with E-state index in [1.807, 2.05) is 0 Å². The molecule has 1 heterocycles. The predicted molar refractivity (Wildman–Crippen MR) is 77.9 cm³/mol. The maximum Gasteiger partial charge on any atom is 0.241 e. The molecule has 2 N–H and O–H groups in total. The van der Waals surface area contributed by atoms with Crippen LogP contribution in [0.5, 0.6) is 0 Å². The van der Waals surface area contributed by atoms with Gasteiger partial charge in [0, 0.05) is 12.8 Å². The van der Waals surface area contributed by atoms with E-state index in [2.05, 4.69) is 10.6 Å². The molecule has 21 heavy (non-hydrogen) atoms. The lowest BCUT2D eigenvalue weighted by molar-refractivity contribution is -0.124. The van der Waals surface area contributed by atoms with E-state index >= 15 is 0 Å². The minimum atomic E-state index is -3.51. The van der Waals surface area contributed by atoms with E-state index in [0.29, 0.717) is 13.1 Å². The largest absolute Gasteiger partial charge is 0.351 e. The number of carbonyl (C=O) groups excluding carboxylic acids is 1. The molecule has 2 rings (SSSR count). The number of rotatable bonds is 4. The number of nitrogens with one attached hydrogen (secondary N) is 2. The Bertz CT molecular complexity index is 608. The van der Waals surface area contributed by atoms with Crippen LogP contribution in [0, 0.1) is 5.82 Å². The zero-order valence-electron chi connectivity index (χ0n) is 11.9. The predicted octanol–water partition coefficient (Wildman–Crippen LogP) is 0.609. The van der Waals surface area contributed by atoms with Crippen molar-refractivity contribution in [2.75, 3.05) is 19.3 Å². The standard InChI is InChI=1S/C14H19FN2O3S/c1-21(19,20)14(6-8-16-9-7-14)13(18)17-10-11-2-4-12(15)5-3-11/h2-5,16H,6-10H2,1H3,(H,17,18). The molecule has 1 fully saturated rings. The summed E-state index contributed by atoms with van der Waals surface area (Å²) in [4.78, 5) is 12.4. The highest BCUT2D eigenvalue weighted by Crippen LogP contribution is 2.28. The second-order valence-electron chi connectivity index (χ2n) is 5.33. The van der Waals surface area contributed by atoms with Crippen LogP contribution < -0.4 is 10.6 Å². The fourth-order valence-electron chi connectivity index (χ4n) is 2.54. The van der Waals surface area contributed by atoms with Crippen molar-refractivity contribution in [2.24, 2.45) is 0 Å². The van der Waals surface area contributed by atoms with Crippen LogP contribution in [0.15, 0.2) is 24.3 Å². The van der Waals surface area contributed by atoms with Crippen molar-refractivity contribution in [2.45, 2.75) is 24.1 Å². The van der Waals surface area contributed by atoms with Gasteiger partial charge in [-0.15, -0.1) is 0 Å². The molecular weight excluding hydrogens is 295 g/mol. The minimum Gasteiger partial charge on any atom is -0.351 e. The molecule has 0 unspecified atom stereocenters. The summed E-state index contributed by atoms with van der Waals surface area (Å²) in [5, 5.41) is 5.73. The zero-order chi connectivity index (χ0) is 15.5. The van der Waals surface area contributed by atoms with E-state index in [9.17, 15) is 17.6 Å². The number of hydrogen-bond donors (Lipinski definition) is 2. The Kier molecular flexibility index (Phi) is 4.63. The van der Waals surface area contributed by atoms with Gasteiger partial charge in [-0.2, -0.15) is 0 Å². The Hall–Kier alpha value is -1.47. The Labute approximate surface area is 123 Å². The number of piperidine rings is 1. The molecule has 116 valence electrons. The molecule has 7 heteroatoms. The number of hydrogen-bond acceptors (Lipinski definition) is 4. The van der Waals surface area contributed by atoms with Crippen LogP contribution in [0.25, 0.3) is 0 Å². The van der Waals surface area contributed by atoms with Crippen molar-refractivity contribution in [1.29, 1.82) is 0 Å². The monoisotopic (exact) mass is 314 g/mol. The van der Waals surface area contributed by atoms with Gasteiger partial charge in [-0.25, -0.2) is 12.8 Å². The Morgan fingerprint density at radius 1 is 1.29 bits per heavy atom. The second kappa shape index (κ2) is 6.11. The average Bonchev–Trinajstić information content (AvgIpc) is 2.46. The van der Waals surface area contributed by atoms with E-state index in [4.69, 9.17) is 0 Å². The van der Waals surface area contributed by atoms with Gasteiger partial charge in [0.15, 0.2) is 14.6 Å². The highest BCUT2D eigenvalue weighted by molar-refractivity contribution is 7.92. The molecule has 0 atom stereocenters. The fourth-order valence-corrected chi connectivity index (χ4v) is 3.90. The van der Waals surface area contributed by atoms with Crippen molar-refractivity contribution in [3.05, 3.63) is 35.6 Å². The van der Waals surface area contributed by atoms with Crippen LogP contribution >= 0.6 is 0 Å². The van der Waals surface area contributed by atoms with Crippen molar-refractivity contribution in [1.82, 2.24) is 10.6 Å². The van der Waals surface area contributed by atoms with Crippen molar-refractivity contribution >= 4 is 15.7 Å². The van der Waals surface area contributed by atoms with Gasteiger partial charge in [0.2, 0.25) is 5.91 Å². The highest BCUT2D eigenvalue weighted by Gasteiger charge is 2.48. The molecule has 1 aliphatic heterocycles. The summed E-state index contributed by atoms with van der Waals surface area (Å²) >= 11 is 0. The fraction of sp³-hybridized carbons (Fsp3) is 0.500. The molecule has 0 saturated carbocycles. The molecular formula is C14H19FN2O3S. The van der Waals surface area contributed by atoms with Gasteiger partial charge in [0.05, 0.1) is 0 Å². The smallest absolute Gasteiger partial charge is 0.241 e. The molecule has 0 aliphatic carbocycles. The van der Waals surface area contributed by atoms with E-state index < -0.39 is 20.5 Å². The molecule has 0 radical (unpaired) electrons. The molecule has 1 aliphatic rings. The quantitative estimate of drug-likeness (QED) is 0.854. The molecule has 0 spiro atoms. The topological polar surface area (TPSA) is 75.3 Å². The number of amides is 1. The minimum absolute atomic E-state index is 0.184. The normalized spacial score (nSPS) is 18.2. The highest BCUT2D eigenvalue weighted by atomic mass is 32.2. The molecule has 0 bridgehead atoms. The number of halogens is 1. The van der Waals surface area contributed by atoms with Gasteiger partial charge in [-0.3, -0.25) is 4.79 Å². The average molecular weight is 314 g/mol. The Morgan fingerprint density at radius 2 is 1.86 bits per heavy atom. The van der Waals surface area contributed by atoms with E-state index in [1.54, 1.807) is 12.1 Å². The summed E-state index contributed by atoms with van der Waals surface area (Å²) in [6, 6.07) is 5.73. The van der Waals surface area contributed by atoms with E-state index in [1.165, 1.54) is 12.1 Å². The number of carbonyl (C=O) groups is 1. The lowest BCUT2D eigenvalue weighted by Crippen LogP contribution is -2.57. The summed E-state index contributed by atoms with van der Waals surface area (Å²) in [5.41, 5.74) is 0.724. The molecule has 5 nitrogen and oxygen atoms in total. The summed E-state index contributed by atoms with van der Waals surface area (Å²) < 4.78 is 35.6. The Morgan fingerprint density at radius 3 is 2.38 bits per heavy atom. The summed E-state index contributed by atoms with van der Waals surface area (Å²) in [7, 11) is -3.51. The van der Waals surface area contributed by atoms with Crippen LogP contribution in [0.2, 0.25) is 0 Å². The SMILES string of the molecule is CS(=O)(=O)C1(C(=O)NCc2ccc(F)cc2)CCNCC1. The van der Waals surface area contributed by atoms with Crippen LogP contribution in [-0.2, 0) is 21.2 Å². The molecule has 1 aromatic rings. The molecule has 1 amide bonds. The van der Waals surface area contributed by atoms with Crippen molar-refractivity contribution in [3.63, 3.8) is 0 Å². The van der Waals surface area contributed by atoms with Gasteiger partial charge < -0.3 is 10.6 Å². The van der Waals surface area contributed by atoms with Crippen LogP contribution in [0.3, 0.4) is 0 Å². The van der Waals surface area contributed by atoms with Crippen LogP contribution in [-0.4, -0.2) is 38.4 Å². The van der Waals surface area contributed by atoms with Gasteiger partial charge in [0.25, 0.3) is 0 Å². The van der Waals surface area contributed by atoms with Crippen LogP contribution in [0.4, 0.5) is 4.39 Å². The van der Waals surface area contributed by atoms with E-state index in [0.717, 1.165) is 11.8 Å². The van der Waals surface area contributed by atoms with Crippen molar-refractivity contribution in [3.8, 4) is 0 Å². The summed E-state index contributed by atoms with van der Waals surface area (Å²) in [5.74, 6) is -0.827. The first-order chi connectivity index (χ1) is 9.85. The zero-order valence-corrected chi connectivity index (χ0v) is 12.7. The first-order valence-electron chi connectivity index (χ1n) is 6.78. The number of benzene rings is 1. The van der Waals surface area contributed by atoms with Gasteiger partial charge in [-0.1, -0.05) is 12.1 Å². The maximum atomic E-state index is 12.8. The third kappa shape index (κ3) is 3.41. The first-order valence-corrected chi connectivity index (χ1v) is 8.67. The first kappa shape index (κ1) is 15.9. The van der Waals surface area contributed by atoms with Crippen molar-refractivity contribution < 1.29 is 17.6 Å². The number of sulfone groups is 1. The molecule has 1 aromatic carbocycles. The van der Waals surface area contributed by atoms with Crippen LogP contribution in [0.1, 0.15) is 18.4 Å². The van der Waals surface area contributed by atoms with Gasteiger partial charge >= 0.3 is 0 Å². The lowest BCUT2D eigenvalue weighted by Gasteiger charge is -2.34. The summed E-state index contributed by atoms with van der Waals surface area (Å²) in [6.45, 7) is 1.18. The van der Waals surface area contributed by atoms with Gasteiger partial charge in [0.1, 0.15) is 5.82 Å². The molecule has 1 saturated heterocycles. The van der Waals surface area contributed by atoms with E-state index in [-0.39, 0.29) is 25.2 Å². The second-order valence-corrected chi connectivity index (χ2v) is 7.65. The third-order valence-corrected chi connectivity index (χ3v) is 5.91.